The van der Waals surface area contributed by atoms with Crippen molar-refractivity contribution in [3.8, 4) is 11.1 Å². The molecule has 10 nitrogen and oxygen atoms in total. The van der Waals surface area contributed by atoms with E-state index in [4.69, 9.17) is 0 Å². The van der Waals surface area contributed by atoms with Crippen LogP contribution < -0.4 is 15.4 Å². The molecule has 2 bridgehead atoms. The molecule has 2 aliphatic rings. The molecule has 1 unspecified atom stereocenters. The number of anilines is 1. The molecule has 2 aliphatic carbocycles. The number of amides is 2. The number of sulfonamides is 1. The van der Waals surface area contributed by atoms with Crippen LogP contribution in [0.4, 0.5) is 10.5 Å². The molecule has 2 saturated carbocycles. The average Bonchev–Trinajstić information content (AvgIpc) is 3.31. The smallest absolute Gasteiger partial charge is 0.322 e. The number of hydrogen-bond donors (Lipinski definition) is 4. The van der Waals surface area contributed by atoms with E-state index in [1.165, 1.54) is 0 Å². The minimum atomic E-state index is -4.06. The first kappa shape index (κ1) is 30.4. The summed E-state index contributed by atoms with van der Waals surface area (Å²) in [7, 11) is -4.06. The number of carboxylic acid groups (broad SMARTS) is 1. The van der Waals surface area contributed by atoms with Gasteiger partial charge in [-0.1, -0.05) is 50.2 Å². The van der Waals surface area contributed by atoms with Crippen molar-refractivity contribution < 1.29 is 27.9 Å². The number of aliphatic carboxylic acids is 1. The van der Waals surface area contributed by atoms with Gasteiger partial charge in [0.15, 0.2) is 0 Å². The maximum atomic E-state index is 13.2. The summed E-state index contributed by atoms with van der Waals surface area (Å²) in [5.74, 6) is -1.55. The van der Waals surface area contributed by atoms with Crippen molar-refractivity contribution in [3.05, 3.63) is 84.2 Å². The molecule has 4 N–H and O–H groups in total. The molecule has 0 aliphatic heterocycles. The van der Waals surface area contributed by atoms with E-state index in [0.717, 1.165) is 23.1 Å². The Balaban J connectivity index is 1.21. The van der Waals surface area contributed by atoms with E-state index in [0.29, 0.717) is 30.6 Å². The van der Waals surface area contributed by atoms with Crippen molar-refractivity contribution in [1.29, 1.82) is 0 Å². The van der Waals surface area contributed by atoms with Crippen LogP contribution in [0.25, 0.3) is 11.1 Å². The summed E-state index contributed by atoms with van der Waals surface area (Å²) in [6.07, 6.45) is 4.97. The van der Waals surface area contributed by atoms with Gasteiger partial charge in [-0.25, -0.2) is 17.9 Å². The summed E-state index contributed by atoms with van der Waals surface area (Å²) in [6, 6.07) is 16.4. The summed E-state index contributed by atoms with van der Waals surface area (Å²) in [5, 5.41) is 15.5. The fourth-order valence-corrected chi connectivity index (χ4v) is 8.60. The molecule has 11 heteroatoms. The number of pyridine rings is 1. The molecule has 2 aromatic carbocycles. The zero-order valence-electron chi connectivity index (χ0n) is 24.2. The molecule has 226 valence electrons. The molecule has 1 heterocycles. The van der Waals surface area contributed by atoms with Gasteiger partial charge in [0.1, 0.15) is 11.8 Å². The molecular weight excluding hydrogens is 568 g/mol. The van der Waals surface area contributed by atoms with Crippen LogP contribution in [0.5, 0.6) is 0 Å². The molecule has 43 heavy (non-hydrogen) atoms. The van der Waals surface area contributed by atoms with Crippen molar-refractivity contribution in [2.75, 3.05) is 11.1 Å². The number of carbonyl (C=O) groups excluding carboxylic acids is 2. The third-order valence-corrected chi connectivity index (χ3v) is 10.8. The Morgan fingerprint density at radius 3 is 2.37 bits per heavy atom. The largest absolute Gasteiger partial charge is 0.480 e. The van der Waals surface area contributed by atoms with Crippen molar-refractivity contribution in [2.24, 2.45) is 16.7 Å². The Morgan fingerprint density at radius 1 is 1.02 bits per heavy atom. The van der Waals surface area contributed by atoms with E-state index in [-0.39, 0.29) is 24.2 Å². The van der Waals surface area contributed by atoms with Gasteiger partial charge in [0.2, 0.25) is 10.0 Å². The monoisotopic (exact) mass is 604 g/mol. The topological polar surface area (TPSA) is 155 Å². The van der Waals surface area contributed by atoms with Crippen LogP contribution in [-0.2, 0) is 32.6 Å². The fraction of sp³-hybridized carbons (Fsp3) is 0.375. The van der Waals surface area contributed by atoms with E-state index in [2.05, 4.69) is 20.3 Å². The second-order valence-electron chi connectivity index (χ2n) is 12.1. The van der Waals surface area contributed by atoms with Gasteiger partial charge in [0.25, 0.3) is 0 Å². The number of urea groups is 1. The van der Waals surface area contributed by atoms with Crippen LogP contribution in [0.2, 0.25) is 0 Å². The summed E-state index contributed by atoms with van der Waals surface area (Å²) >= 11 is 0. The second-order valence-corrected chi connectivity index (χ2v) is 13.8. The van der Waals surface area contributed by atoms with Crippen LogP contribution in [0, 0.1) is 16.7 Å². The summed E-state index contributed by atoms with van der Waals surface area (Å²) in [6.45, 7) is 4.26. The summed E-state index contributed by atoms with van der Waals surface area (Å²) < 4.78 is 28.8. The number of hydrogen-bond acceptors (Lipinski definition) is 6. The Bertz CT molecular complexity index is 1630. The highest BCUT2D eigenvalue weighted by atomic mass is 32.2. The van der Waals surface area contributed by atoms with Gasteiger partial charge in [-0.3, -0.25) is 14.6 Å². The maximum Gasteiger partial charge on any atom is 0.322 e. The average molecular weight is 605 g/mol. The van der Waals surface area contributed by atoms with Crippen LogP contribution in [0.3, 0.4) is 0 Å². The van der Waals surface area contributed by atoms with Gasteiger partial charge >= 0.3 is 12.0 Å². The molecule has 0 spiro atoms. The second kappa shape index (κ2) is 11.9. The van der Waals surface area contributed by atoms with E-state index in [1.807, 2.05) is 56.3 Å². The normalized spacial score (nSPS) is 21.3. The molecule has 0 saturated heterocycles. The number of fused-ring (bicyclic) bond motifs is 2. The number of nitrogens with one attached hydrogen (secondary N) is 3. The first-order valence-electron chi connectivity index (χ1n) is 14.3. The Labute approximate surface area is 251 Å². The first-order valence-corrected chi connectivity index (χ1v) is 15.9. The Kier molecular flexibility index (Phi) is 8.40. The number of carboxylic acids is 1. The predicted octanol–water partition coefficient (Wildman–Crippen LogP) is 4.38. The molecular formula is C32H36N4O6S. The van der Waals surface area contributed by atoms with Crippen molar-refractivity contribution >= 4 is 33.5 Å². The van der Waals surface area contributed by atoms with E-state index in [1.54, 1.807) is 30.6 Å². The standard InChI is InChI=1S/C32H36N4O6S/c1-31(2)25-10-13-32(31,28(37)18-25)20-43(41,42)36-27(29(38)39)16-21-6-8-23(9-7-21)24-4-3-5-26(17-24)35-30(40)34-19-22-11-14-33-15-12-22/h3-9,11-12,14-15,17,25,27,36H,10,13,16,18-20H2,1-2H3,(H,38,39)(H2,34,35,40)/t25-,27?,32+/m0/s1. The predicted molar refractivity (Wildman–Crippen MR) is 163 cm³/mol. The highest BCUT2D eigenvalue weighted by molar-refractivity contribution is 7.89. The third kappa shape index (κ3) is 6.47. The van der Waals surface area contributed by atoms with Gasteiger partial charge in [-0.15, -0.1) is 0 Å². The zero-order chi connectivity index (χ0) is 30.8. The molecule has 2 fully saturated rings. The van der Waals surface area contributed by atoms with E-state index in [9.17, 15) is 27.9 Å². The Hall–Kier alpha value is -4.09. The molecule has 3 atom stereocenters. The molecule has 5 rings (SSSR count). The van der Waals surface area contributed by atoms with E-state index >= 15 is 0 Å². The highest BCUT2D eigenvalue weighted by Crippen LogP contribution is 2.64. The molecule has 1 aromatic heterocycles. The number of benzene rings is 2. The highest BCUT2D eigenvalue weighted by Gasteiger charge is 2.65. The SMILES string of the molecule is CC1(C)[C@H]2CC[C@@]1(CS(=O)(=O)NC(Cc1ccc(-c3cccc(NC(=O)NCc4ccncc4)c3)cc1)C(=O)O)C(=O)C2. The number of nitrogens with zero attached hydrogens (tertiary/aromatic N) is 1. The van der Waals surface area contributed by atoms with Gasteiger partial charge in [-0.2, -0.15) is 0 Å². The van der Waals surface area contributed by atoms with Crippen LogP contribution in [0.15, 0.2) is 73.1 Å². The lowest BCUT2D eigenvalue weighted by Gasteiger charge is -2.36. The number of Topliss-reactive ketones (excluding diaryl/α,β-unsaturated/α-hetero) is 1. The lowest BCUT2D eigenvalue weighted by Crippen LogP contribution is -2.49. The van der Waals surface area contributed by atoms with Crippen molar-refractivity contribution in [2.45, 2.75) is 52.1 Å². The Morgan fingerprint density at radius 2 is 1.74 bits per heavy atom. The van der Waals surface area contributed by atoms with E-state index < -0.39 is 38.6 Å². The summed E-state index contributed by atoms with van der Waals surface area (Å²) in [4.78, 5) is 41.2. The number of aromatic nitrogens is 1. The van der Waals surface area contributed by atoms with Gasteiger partial charge in [0, 0.05) is 36.5 Å². The van der Waals surface area contributed by atoms with Crippen LogP contribution in [-0.4, -0.2) is 48.1 Å². The molecule has 2 amide bonds. The fourth-order valence-electron chi connectivity index (χ4n) is 6.57. The first-order chi connectivity index (χ1) is 20.4. The number of carbonyl (C=O) groups is 3. The minimum Gasteiger partial charge on any atom is -0.480 e. The van der Waals surface area contributed by atoms with Gasteiger partial charge in [-0.05, 0) is 77.1 Å². The van der Waals surface area contributed by atoms with Crippen LogP contribution >= 0.6 is 0 Å². The molecule has 3 aromatic rings. The minimum absolute atomic E-state index is 0.0357. The van der Waals surface area contributed by atoms with Crippen molar-refractivity contribution in [1.82, 2.24) is 15.0 Å². The van der Waals surface area contributed by atoms with Crippen LogP contribution in [0.1, 0.15) is 44.2 Å². The lowest BCUT2D eigenvalue weighted by atomic mass is 9.70. The number of rotatable bonds is 11. The van der Waals surface area contributed by atoms with Gasteiger partial charge < -0.3 is 15.7 Å². The number of ketones is 1. The molecule has 0 radical (unpaired) electrons. The maximum absolute atomic E-state index is 13.2. The van der Waals surface area contributed by atoms with Crippen molar-refractivity contribution in [3.63, 3.8) is 0 Å². The lowest BCUT2D eigenvalue weighted by molar-refractivity contribution is -0.138. The third-order valence-electron chi connectivity index (χ3n) is 9.25. The zero-order valence-corrected chi connectivity index (χ0v) is 25.0. The quantitative estimate of drug-likeness (QED) is 0.253. The summed E-state index contributed by atoms with van der Waals surface area (Å²) in [5.41, 5.74) is 2.44. The van der Waals surface area contributed by atoms with Gasteiger partial charge in [0.05, 0.1) is 5.75 Å².